The smallest absolute Gasteiger partial charge is 0.243 e. The molecule has 1 saturated heterocycles. The van der Waals surface area contributed by atoms with Gasteiger partial charge in [-0.05, 0) is 55.7 Å². The quantitative estimate of drug-likeness (QED) is 0.456. The van der Waals surface area contributed by atoms with Crippen LogP contribution >= 0.6 is 11.3 Å². The molecule has 1 aliphatic rings. The van der Waals surface area contributed by atoms with Gasteiger partial charge in [0, 0.05) is 25.0 Å². The molecule has 0 aliphatic carbocycles. The van der Waals surface area contributed by atoms with Crippen molar-refractivity contribution in [3.63, 3.8) is 0 Å². The minimum atomic E-state index is -3.46. The molecule has 1 aromatic carbocycles. The number of hydrogen-bond acceptors (Lipinski definition) is 9. The monoisotopic (exact) mass is 467 g/mol. The number of nitrogens with one attached hydrogen (secondary N) is 1. The zero-order chi connectivity index (χ0) is 22.3. The molecule has 32 heavy (non-hydrogen) atoms. The molecule has 0 unspecified atom stereocenters. The number of nitrogens with two attached hydrogens (primary N) is 1. The fourth-order valence-electron chi connectivity index (χ4n) is 3.68. The molecule has 3 aromatic heterocycles. The first-order chi connectivity index (χ1) is 15.4. The van der Waals surface area contributed by atoms with Crippen molar-refractivity contribution in [3.8, 4) is 11.5 Å². The maximum absolute atomic E-state index is 12.8. The first-order valence-electron chi connectivity index (χ1n) is 10.1. The summed E-state index contributed by atoms with van der Waals surface area (Å²) in [6, 6.07) is 10.5. The second kappa shape index (κ2) is 8.08. The van der Waals surface area contributed by atoms with Crippen LogP contribution in [0.25, 0.3) is 21.9 Å². The Bertz CT molecular complexity index is 1400. The van der Waals surface area contributed by atoms with E-state index in [1.807, 2.05) is 19.1 Å². The SMILES string of the molecule is Cc1cccnc1-c1nc(Nc2ccc(S(=O)(=O)N3CCCC3)cc2)c2nc(N)sc2n1. The maximum Gasteiger partial charge on any atom is 0.243 e. The molecule has 5 rings (SSSR count). The maximum atomic E-state index is 12.8. The van der Waals surface area contributed by atoms with E-state index in [1.54, 1.807) is 30.5 Å². The molecular formula is C21H21N7O2S2. The molecule has 0 saturated carbocycles. The van der Waals surface area contributed by atoms with Gasteiger partial charge in [0.05, 0.1) is 4.90 Å². The molecule has 0 bridgehead atoms. The normalized spacial score (nSPS) is 14.8. The summed E-state index contributed by atoms with van der Waals surface area (Å²) < 4.78 is 27.1. The Kier molecular flexibility index (Phi) is 5.24. The highest BCUT2D eigenvalue weighted by molar-refractivity contribution is 7.89. The van der Waals surface area contributed by atoms with Gasteiger partial charge in [-0.3, -0.25) is 4.98 Å². The van der Waals surface area contributed by atoms with Crippen molar-refractivity contribution in [2.24, 2.45) is 0 Å². The van der Waals surface area contributed by atoms with Crippen LogP contribution in [-0.2, 0) is 10.0 Å². The van der Waals surface area contributed by atoms with E-state index < -0.39 is 10.0 Å². The lowest BCUT2D eigenvalue weighted by atomic mass is 10.2. The number of benzene rings is 1. The Morgan fingerprint density at radius 2 is 1.81 bits per heavy atom. The van der Waals surface area contributed by atoms with Gasteiger partial charge in [-0.15, -0.1) is 0 Å². The van der Waals surface area contributed by atoms with E-state index in [0.29, 0.717) is 51.6 Å². The molecule has 164 valence electrons. The lowest BCUT2D eigenvalue weighted by Gasteiger charge is -2.16. The Labute approximate surface area is 189 Å². The Hall–Kier alpha value is -3.15. The molecule has 0 amide bonds. The third-order valence-electron chi connectivity index (χ3n) is 5.32. The van der Waals surface area contributed by atoms with Crippen molar-refractivity contribution >= 4 is 48.3 Å². The highest BCUT2D eigenvalue weighted by atomic mass is 32.2. The predicted molar refractivity (Wildman–Crippen MR) is 125 cm³/mol. The fourth-order valence-corrected chi connectivity index (χ4v) is 5.90. The summed E-state index contributed by atoms with van der Waals surface area (Å²) in [7, 11) is -3.46. The molecule has 1 aliphatic heterocycles. The van der Waals surface area contributed by atoms with Gasteiger partial charge in [-0.25, -0.2) is 23.4 Å². The highest BCUT2D eigenvalue weighted by Crippen LogP contribution is 2.32. The number of pyridine rings is 1. The van der Waals surface area contributed by atoms with Crippen molar-refractivity contribution in [2.45, 2.75) is 24.7 Å². The van der Waals surface area contributed by atoms with Crippen molar-refractivity contribution in [1.29, 1.82) is 0 Å². The lowest BCUT2D eigenvalue weighted by molar-refractivity contribution is 0.477. The molecule has 0 radical (unpaired) electrons. The van der Waals surface area contributed by atoms with Crippen molar-refractivity contribution in [2.75, 3.05) is 24.1 Å². The van der Waals surface area contributed by atoms with E-state index in [-0.39, 0.29) is 4.90 Å². The number of thiazole rings is 1. The van der Waals surface area contributed by atoms with Gasteiger partial charge in [0.2, 0.25) is 10.0 Å². The summed E-state index contributed by atoms with van der Waals surface area (Å²) in [4.78, 5) is 19.0. The second-order valence-corrected chi connectivity index (χ2v) is 10.5. The average Bonchev–Trinajstić information content (AvgIpc) is 3.44. The van der Waals surface area contributed by atoms with Crippen LogP contribution in [0.3, 0.4) is 0 Å². The van der Waals surface area contributed by atoms with Crippen LogP contribution in [0.15, 0.2) is 47.5 Å². The number of aromatic nitrogens is 4. The number of rotatable bonds is 5. The van der Waals surface area contributed by atoms with Crippen molar-refractivity contribution in [1.82, 2.24) is 24.2 Å². The predicted octanol–water partition coefficient (Wildman–Crippen LogP) is 3.57. The topological polar surface area (TPSA) is 127 Å². The van der Waals surface area contributed by atoms with E-state index >= 15 is 0 Å². The van der Waals surface area contributed by atoms with Gasteiger partial charge >= 0.3 is 0 Å². The number of nitrogens with zero attached hydrogens (tertiary/aromatic N) is 5. The van der Waals surface area contributed by atoms with Crippen LogP contribution in [0.4, 0.5) is 16.6 Å². The van der Waals surface area contributed by atoms with E-state index in [1.165, 1.54) is 15.6 Å². The van der Waals surface area contributed by atoms with Crippen LogP contribution in [0.5, 0.6) is 0 Å². The van der Waals surface area contributed by atoms with E-state index in [4.69, 9.17) is 5.73 Å². The van der Waals surface area contributed by atoms with Crippen LogP contribution < -0.4 is 11.1 Å². The standard InChI is InChI=1S/C21H21N7O2S2/c1-13-5-4-10-23-16(13)18-26-19(17-20(27-18)31-21(22)25-17)24-14-6-8-15(9-7-14)32(29,30)28-11-2-3-12-28/h4-10H,2-3,11-12H2,1H3,(H2,22,25)(H,24,26,27). The number of nitrogen functional groups attached to an aromatic ring is 1. The van der Waals surface area contributed by atoms with Crippen LogP contribution in [-0.4, -0.2) is 45.7 Å². The minimum absolute atomic E-state index is 0.278. The molecule has 1 fully saturated rings. The second-order valence-electron chi connectivity index (χ2n) is 7.53. The van der Waals surface area contributed by atoms with Crippen LogP contribution in [0.1, 0.15) is 18.4 Å². The zero-order valence-corrected chi connectivity index (χ0v) is 18.9. The van der Waals surface area contributed by atoms with E-state index in [2.05, 4.69) is 25.3 Å². The average molecular weight is 468 g/mol. The van der Waals surface area contributed by atoms with Crippen LogP contribution in [0.2, 0.25) is 0 Å². The first-order valence-corrected chi connectivity index (χ1v) is 12.4. The van der Waals surface area contributed by atoms with Gasteiger partial charge in [-0.2, -0.15) is 4.31 Å². The van der Waals surface area contributed by atoms with Gasteiger partial charge in [-0.1, -0.05) is 17.4 Å². The number of sulfonamides is 1. The summed E-state index contributed by atoms with van der Waals surface area (Å²) in [5.74, 6) is 0.952. The summed E-state index contributed by atoms with van der Waals surface area (Å²) in [5.41, 5.74) is 8.79. The Morgan fingerprint density at radius 3 is 2.53 bits per heavy atom. The lowest BCUT2D eigenvalue weighted by Crippen LogP contribution is -2.27. The third-order valence-corrected chi connectivity index (χ3v) is 8.01. The van der Waals surface area contributed by atoms with Crippen LogP contribution in [0, 0.1) is 6.92 Å². The summed E-state index contributed by atoms with van der Waals surface area (Å²) in [5, 5.41) is 3.63. The van der Waals surface area contributed by atoms with Gasteiger partial charge < -0.3 is 11.1 Å². The molecule has 3 N–H and O–H groups in total. The zero-order valence-electron chi connectivity index (χ0n) is 17.3. The molecular weight excluding hydrogens is 446 g/mol. The van der Waals surface area contributed by atoms with Crippen molar-refractivity contribution in [3.05, 3.63) is 48.2 Å². The molecule has 0 atom stereocenters. The molecule has 0 spiro atoms. The third kappa shape index (κ3) is 3.78. The van der Waals surface area contributed by atoms with E-state index in [0.717, 1.165) is 18.4 Å². The molecule has 4 aromatic rings. The molecule has 11 heteroatoms. The Morgan fingerprint density at radius 1 is 1.06 bits per heavy atom. The van der Waals surface area contributed by atoms with Crippen molar-refractivity contribution < 1.29 is 8.42 Å². The van der Waals surface area contributed by atoms with Gasteiger partial charge in [0.25, 0.3) is 0 Å². The summed E-state index contributed by atoms with van der Waals surface area (Å²) in [6.45, 7) is 3.09. The Balaban J connectivity index is 1.50. The molecule has 4 heterocycles. The summed E-state index contributed by atoms with van der Waals surface area (Å²) in [6.07, 6.45) is 3.50. The van der Waals surface area contributed by atoms with E-state index in [9.17, 15) is 8.42 Å². The number of aryl methyl sites for hydroxylation is 1. The van der Waals surface area contributed by atoms with Gasteiger partial charge in [0.15, 0.2) is 21.6 Å². The number of hydrogen-bond donors (Lipinski definition) is 2. The minimum Gasteiger partial charge on any atom is -0.375 e. The van der Waals surface area contributed by atoms with Gasteiger partial charge in [0.1, 0.15) is 11.2 Å². The number of anilines is 3. The first kappa shape index (κ1) is 20.7. The number of fused-ring (bicyclic) bond motifs is 1. The molecule has 9 nitrogen and oxygen atoms in total. The summed E-state index contributed by atoms with van der Waals surface area (Å²) >= 11 is 1.27. The largest absolute Gasteiger partial charge is 0.375 e. The highest BCUT2D eigenvalue weighted by Gasteiger charge is 2.27. The fraction of sp³-hybridized carbons (Fsp3) is 0.238.